The van der Waals surface area contributed by atoms with Crippen LogP contribution in [-0.4, -0.2) is 49.8 Å². The molecular weight excluding hydrogens is 405 g/mol. The number of aryl methyl sites for hydroxylation is 1. The van der Waals surface area contributed by atoms with E-state index in [9.17, 15) is 18.0 Å². The van der Waals surface area contributed by atoms with Crippen LogP contribution < -0.4 is 9.47 Å². The zero-order chi connectivity index (χ0) is 22.1. The lowest BCUT2D eigenvalue weighted by Crippen LogP contribution is -2.27. The number of alkyl halides is 3. The van der Waals surface area contributed by atoms with Gasteiger partial charge < -0.3 is 24.1 Å². The van der Waals surface area contributed by atoms with Gasteiger partial charge in [0.1, 0.15) is 30.8 Å². The van der Waals surface area contributed by atoms with Crippen molar-refractivity contribution in [1.29, 1.82) is 0 Å². The van der Waals surface area contributed by atoms with E-state index < -0.39 is 30.4 Å². The highest BCUT2D eigenvalue weighted by Crippen LogP contribution is 2.33. The van der Waals surface area contributed by atoms with Gasteiger partial charge in [0.15, 0.2) is 6.61 Å². The van der Waals surface area contributed by atoms with E-state index in [1.807, 2.05) is 6.92 Å². The molecule has 0 fully saturated rings. The molecule has 0 saturated heterocycles. The molecular formula is C21H25F3O6. The average molecular weight is 430 g/mol. The summed E-state index contributed by atoms with van der Waals surface area (Å²) in [4.78, 5) is 10.6. The first-order valence-electron chi connectivity index (χ1n) is 9.48. The Hall–Kier alpha value is -2.68. The van der Waals surface area contributed by atoms with Crippen molar-refractivity contribution in [3.05, 3.63) is 47.2 Å². The molecule has 0 amide bonds. The van der Waals surface area contributed by atoms with Gasteiger partial charge in [-0.2, -0.15) is 13.2 Å². The number of aliphatic carboxylic acids is 1. The van der Waals surface area contributed by atoms with Crippen LogP contribution in [0.4, 0.5) is 13.2 Å². The zero-order valence-corrected chi connectivity index (χ0v) is 16.8. The average Bonchev–Trinajstić information content (AvgIpc) is 2.69. The smallest absolute Gasteiger partial charge is 0.412 e. The monoisotopic (exact) mass is 430 g/mol. The Bertz CT molecular complexity index is 785. The fourth-order valence-corrected chi connectivity index (χ4v) is 2.76. The maximum Gasteiger partial charge on any atom is 0.412 e. The van der Waals surface area contributed by atoms with Crippen molar-refractivity contribution in [3.63, 3.8) is 0 Å². The van der Waals surface area contributed by atoms with Crippen molar-refractivity contribution in [1.82, 2.24) is 0 Å². The lowest BCUT2D eigenvalue weighted by molar-refractivity contribution is -0.139. The number of ether oxygens (including phenoxy) is 4. The highest BCUT2D eigenvalue weighted by atomic mass is 19.4. The number of rotatable bonds is 11. The molecule has 0 spiro atoms. The summed E-state index contributed by atoms with van der Waals surface area (Å²) in [6, 6.07) is 4.99. The molecule has 30 heavy (non-hydrogen) atoms. The largest absolute Gasteiger partial charge is 0.495 e. The molecule has 2 rings (SSSR count). The molecule has 1 aliphatic carbocycles. The van der Waals surface area contributed by atoms with Gasteiger partial charge in [-0.3, -0.25) is 0 Å². The second-order valence-electron chi connectivity index (χ2n) is 6.63. The first kappa shape index (κ1) is 23.6. The summed E-state index contributed by atoms with van der Waals surface area (Å²) in [5, 5.41) is 8.68. The minimum atomic E-state index is -4.31. The first-order chi connectivity index (χ1) is 14.2. The topological polar surface area (TPSA) is 74.2 Å². The lowest BCUT2D eigenvalue weighted by atomic mass is 10.0. The van der Waals surface area contributed by atoms with Crippen molar-refractivity contribution in [2.24, 2.45) is 0 Å². The Labute approximate surface area is 172 Å². The summed E-state index contributed by atoms with van der Waals surface area (Å²) in [5.74, 6) is 0.412. The summed E-state index contributed by atoms with van der Waals surface area (Å²) < 4.78 is 60.1. The summed E-state index contributed by atoms with van der Waals surface area (Å²) >= 11 is 0. The fraction of sp³-hybridized carbons (Fsp3) is 0.476. The predicted molar refractivity (Wildman–Crippen MR) is 103 cm³/mol. The Kier molecular flexibility index (Phi) is 8.58. The van der Waals surface area contributed by atoms with E-state index in [0.717, 1.165) is 11.6 Å². The van der Waals surface area contributed by atoms with Gasteiger partial charge in [0.25, 0.3) is 0 Å². The van der Waals surface area contributed by atoms with Crippen LogP contribution in [0.2, 0.25) is 0 Å². The molecule has 9 heteroatoms. The molecule has 166 valence electrons. The van der Waals surface area contributed by atoms with Gasteiger partial charge in [0.2, 0.25) is 0 Å². The molecule has 1 N–H and O–H groups in total. The van der Waals surface area contributed by atoms with Gasteiger partial charge in [0.05, 0.1) is 5.76 Å². The molecule has 6 nitrogen and oxygen atoms in total. The summed E-state index contributed by atoms with van der Waals surface area (Å²) in [6.07, 6.45) is -2.26. The van der Waals surface area contributed by atoms with E-state index in [0.29, 0.717) is 23.9 Å². The molecule has 0 bridgehead atoms. The van der Waals surface area contributed by atoms with Crippen LogP contribution in [0.1, 0.15) is 25.3 Å². The zero-order valence-electron chi connectivity index (χ0n) is 16.8. The number of hydrogen-bond acceptors (Lipinski definition) is 5. The van der Waals surface area contributed by atoms with Gasteiger partial charge >= 0.3 is 12.1 Å². The predicted octanol–water partition coefficient (Wildman–Crippen LogP) is 4.43. The van der Waals surface area contributed by atoms with Crippen molar-refractivity contribution >= 4 is 5.97 Å². The molecule has 1 atom stereocenters. The van der Waals surface area contributed by atoms with E-state index in [4.69, 9.17) is 24.1 Å². The number of allylic oxidation sites excluding steroid dienone is 4. The third-order valence-electron chi connectivity index (χ3n) is 4.27. The fourth-order valence-electron chi connectivity index (χ4n) is 2.76. The van der Waals surface area contributed by atoms with Crippen LogP contribution in [-0.2, 0) is 14.3 Å². The van der Waals surface area contributed by atoms with Crippen LogP contribution in [0.3, 0.4) is 0 Å². The number of hydrogen-bond donors (Lipinski definition) is 1. The van der Waals surface area contributed by atoms with E-state index in [-0.39, 0.29) is 26.1 Å². The molecule has 0 saturated carbocycles. The van der Waals surface area contributed by atoms with Crippen LogP contribution >= 0.6 is 0 Å². The molecule has 0 radical (unpaired) electrons. The molecule has 1 unspecified atom stereocenters. The Balaban J connectivity index is 1.87. The highest BCUT2D eigenvalue weighted by molar-refractivity contribution is 5.68. The van der Waals surface area contributed by atoms with Gasteiger partial charge in [-0.1, -0.05) is 6.08 Å². The lowest BCUT2D eigenvalue weighted by Gasteiger charge is -2.22. The minimum absolute atomic E-state index is 0.110. The Morgan fingerprint density at radius 2 is 1.87 bits per heavy atom. The molecule has 1 aromatic carbocycles. The number of carboxylic acid groups (broad SMARTS) is 1. The Morgan fingerprint density at radius 3 is 2.43 bits per heavy atom. The van der Waals surface area contributed by atoms with E-state index >= 15 is 0 Å². The van der Waals surface area contributed by atoms with E-state index in [1.54, 1.807) is 25.1 Å². The van der Waals surface area contributed by atoms with Gasteiger partial charge in [-0.15, -0.1) is 0 Å². The van der Waals surface area contributed by atoms with Gasteiger partial charge in [0, 0.05) is 18.6 Å². The van der Waals surface area contributed by atoms with Crippen LogP contribution in [0.5, 0.6) is 11.5 Å². The maximum absolute atomic E-state index is 12.7. The minimum Gasteiger partial charge on any atom is -0.495 e. The second kappa shape index (κ2) is 10.9. The molecule has 0 aliphatic heterocycles. The van der Waals surface area contributed by atoms with Gasteiger partial charge in [-0.05, 0) is 50.1 Å². The number of halogens is 3. The standard InChI is InChI=1S/C21H25F3O6/c1-3-27-18(11-28-16-6-4-15(5-7-16)21(22,23)24)12-29-17-8-9-19(14(2)10-17)30-13-20(25)26/h4,6,8-10,18H,3,5,7,11-13H2,1-2H3,(H,25,26). The van der Waals surface area contributed by atoms with Crippen LogP contribution in [0, 0.1) is 6.92 Å². The van der Waals surface area contributed by atoms with E-state index in [1.165, 1.54) is 6.08 Å². The summed E-state index contributed by atoms with van der Waals surface area (Å²) in [5.41, 5.74) is 0.156. The van der Waals surface area contributed by atoms with Crippen molar-refractivity contribution < 1.29 is 42.0 Å². The summed E-state index contributed by atoms with van der Waals surface area (Å²) in [7, 11) is 0. The summed E-state index contributed by atoms with van der Waals surface area (Å²) in [6.45, 7) is 3.92. The van der Waals surface area contributed by atoms with Crippen molar-refractivity contribution in [2.75, 3.05) is 26.4 Å². The molecule has 0 heterocycles. The van der Waals surface area contributed by atoms with E-state index in [2.05, 4.69) is 0 Å². The Morgan fingerprint density at radius 1 is 1.13 bits per heavy atom. The number of carbonyl (C=O) groups is 1. The SMILES string of the molecule is CCOC(COC1=CC=C(C(F)(F)F)CC1)COc1ccc(OCC(=O)O)c(C)c1. The van der Waals surface area contributed by atoms with Crippen LogP contribution in [0.15, 0.2) is 41.7 Å². The quantitative estimate of drug-likeness (QED) is 0.560. The molecule has 0 aromatic heterocycles. The van der Waals surface area contributed by atoms with Crippen LogP contribution in [0.25, 0.3) is 0 Å². The number of benzene rings is 1. The van der Waals surface area contributed by atoms with Gasteiger partial charge in [-0.25, -0.2) is 4.79 Å². The number of carboxylic acids is 1. The highest BCUT2D eigenvalue weighted by Gasteiger charge is 2.34. The normalized spacial score (nSPS) is 15.1. The third kappa shape index (κ3) is 7.62. The molecule has 1 aliphatic rings. The van der Waals surface area contributed by atoms with Crippen molar-refractivity contribution in [3.8, 4) is 11.5 Å². The maximum atomic E-state index is 12.7. The van der Waals surface area contributed by atoms with Crippen molar-refractivity contribution in [2.45, 2.75) is 39.0 Å². The molecule has 1 aromatic rings. The first-order valence-corrected chi connectivity index (χ1v) is 9.48. The second-order valence-corrected chi connectivity index (χ2v) is 6.63. The third-order valence-corrected chi connectivity index (χ3v) is 4.27.